The summed E-state index contributed by atoms with van der Waals surface area (Å²) in [5.74, 6) is 1.30. The fourth-order valence-corrected chi connectivity index (χ4v) is 3.44. The molecule has 6 nitrogen and oxygen atoms in total. The normalized spacial score (nSPS) is 24.2. The van der Waals surface area contributed by atoms with E-state index in [2.05, 4.69) is 38.2 Å². The van der Waals surface area contributed by atoms with Crippen LogP contribution in [0.15, 0.2) is 10.6 Å². The largest absolute Gasteiger partial charge is 0.360 e. The number of aromatic nitrogens is 1. The molecule has 2 atom stereocenters. The molecule has 0 spiro atoms. The third-order valence-electron chi connectivity index (χ3n) is 4.95. The van der Waals surface area contributed by atoms with Gasteiger partial charge < -0.3 is 14.7 Å². The smallest absolute Gasteiger partial charge is 0.273 e. The molecule has 1 aromatic heterocycles. The van der Waals surface area contributed by atoms with E-state index in [0.717, 1.165) is 31.4 Å². The third kappa shape index (κ3) is 4.61. The third-order valence-corrected chi connectivity index (χ3v) is 4.95. The lowest BCUT2D eigenvalue weighted by Gasteiger charge is -2.39. The first-order chi connectivity index (χ1) is 11.7. The number of amides is 2. The lowest BCUT2D eigenvalue weighted by Crippen LogP contribution is -2.51. The minimum atomic E-state index is -0.178. The fraction of sp³-hybridized carbons (Fsp3) is 0.737. The quantitative estimate of drug-likeness (QED) is 0.908. The van der Waals surface area contributed by atoms with Crippen LogP contribution in [-0.2, 0) is 4.79 Å². The average molecular weight is 347 g/mol. The van der Waals surface area contributed by atoms with Crippen molar-refractivity contribution in [2.75, 3.05) is 6.54 Å². The van der Waals surface area contributed by atoms with E-state index in [9.17, 15) is 9.59 Å². The zero-order valence-electron chi connectivity index (χ0n) is 15.7. The Bertz CT molecular complexity index is 643. The summed E-state index contributed by atoms with van der Waals surface area (Å²) in [4.78, 5) is 26.8. The standard InChI is InChI=1S/C19H29N3O3/c1-12-9-14(7-8-22(12)17(23)11-19(2,3)4)20-18(24)15-10-16(25-21-15)13-5-6-13/h10,12-14H,5-9,11H2,1-4H3,(H,20,24). The topological polar surface area (TPSA) is 75.4 Å². The Hall–Kier alpha value is -1.85. The van der Waals surface area contributed by atoms with Crippen LogP contribution < -0.4 is 5.32 Å². The molecule has 0 bridgehead atoms. The Labute approximate surface area is 149 Å². The SMILES string of the molecule is CC1CC(NC(=O)c2cc(C3CC3)on2)CCN1C(=O)CC(C)(C)C. The molecule has 1 saturated carbocycles. The molecule has 2 unspecified atom stereocenters. The molecule has 2 amide bonds. The molecule has 2 heterocycles. The lowest BCUT2D eigenvalue weighted by atomic mass is 9.90. The monoisotopic (exact) mass is 347 g/mol. The van der Waals surface area contributed by atoms with E-state index >= 15 is 0 Å². The van der Waals surface area contributed by atoms with Crippen molar-refractivity contribution in [2.24, 2.45) is 5.41 Å². The van der Waals surface area contributed by atoms with Gasteiger partial charge in [0.05, 0.1) is 0 Å². The van der Waals surface area contributed by atoms with Gasteiger partial charge in [-0.3, -0.25) is 9.59 Å². The summed E-state index contributed by atoms with van der Waals surface area (Å²) in [5, 5.41) is 6.94. The Balaban J connectivity index is 1.52. The maximum Gasteiger partial charge on any atom is 0.273 e. The molecule has 138 valence electrons. The molecule has 1 aromatic rings. The molecular weight excluding hydrogens is 318 g/mol. The first-order valence-electron chi connectivity index (χ1n) is 9.30. The summed E-state index contributed by atoms with van der Waals surface area (Å²) >= 11 is 0. The maximum absolute atomic E-state index is 12.5. The Morgan fingerprint density at radius 2 is 2.04 bits per heavy atom. The zero-order valence-corrected chi connectivity index (χ0v) is 15.7. The highest BCUT2D eigenvalue weighted by molar-refractivity contribution is 5.92. The Kier molecular flexibility index (Phi) is 4.89. The molecule has 3 rings (SSSR count). The average Bonchev–Trinajstić information content (AvgIpc) is 3.22. The van der Waals surface area contributed by atoms with Crippen LogP contribution in [0.25, 0.3) is 0 Å². The second kappa shape index (κ2) is 6.81. The second-order valence-corrected chi connectivity index (χ2v) is 8.76. The number of carbonyl (C=O) groups excluding carboxylic acids is 2. The predicted molar refractivity (Wildman–Crippen MR) is 94.2 cm³/mol. The molecule has 0 radical (unpaired) electrons. The van der Waals surface area contributed by atoms with Crippen LogP contribution in [0.2, 0.25) is 0 Å². The van der Waals surface area contributed by atoms with E-state index in [-0.39, 0.29) is 29.3 Å². The highest BCUT2D eigenvalue weighted by atomic mass is 16.5. The summed E-state index contributed by atoms with van der Waals surface area (Å²) in [6.45, 7) is 8.98. The van der Waals surface area contributed by atoms with Crippen molar-refractivity contribution < 1.29 is 14.1 Å². The van der Waals surface area contributed by atoms with Gasteiger partial charge in [-0.1, -0.05) is 25.9 Å². The van der Waals surface area contributed by atoms with Crippen molar-refractivity contribution in [1.29, 1.82) is 0 Å². The van der Waals surface area contributed by atoms with Gasteiger partial charge in [0, 0.05) is 37.0 Å². The fourth-order valence-electron chi connectivity index (χ4n) is 3.44. The molecular formula is C19H29N3O3. The van der Waals surface area contributed by atoms with Crippen molar-refractivity contribution in [3.63, 3.8) is 0 Å². The van der Waals surface area contributed by atoms with Gasteiger partial charge in [0.25, 0.3) is 5.91 Å². The van der Waals surface area contributed by atoms with Crippen molar-refractivity contribution in [2.45, 2.75) is 77.8 Å². The predicted octanol–water partition coefficient (Wildman–Crippen LogP) is 3.10. The lowest BCUT2D eigenvalue weighted by molar-refractivity contribution is -0.136. The minimum absolute atomic E-state index is 0.00587. The van der Waals surface area contributed by atoms with Gasteiger partial charge in [0.2, 0.25) is 5.91 Å². The van der Waals surface area contributed by atoms with E-state index in [1.54, 1.807) is 6.07 Å². The van der Waals surface area contributed by atoms with Gasteiger partial charge in [0.1, 0.15) is 5.76 Å². The number of nitrogens with one attached hydrogen (secondary N) is 1. The zero-order chi connectivity index (χ0) is 18.2. The first-order valence-corrected chi connectivity index (χ1v) is 9.30. The molecule has 1 aliphatic carbocycles. The molecule has 2 fully saturated rings. The van der Waals surface area contributed by atoms with Gasteiger partial charge in [-0.2, -0.15) is 0 Å². The van der Waals surface area contributed by atoms with Crippen molar-refractivity contribution in [1.82, 2.24) is 15.4 Å². The van der Waals surface area contributed by atoms with Crippen molar-refractivity contribution in [3.8, 4) is 0 Å². The highest BCUT2D eigenvalue weighted by Gasteiger charge is 2.32. The van der Waals surface area contributed by atoms with Crippen molar-refractivity contribution in [3.05, 3.63) is 17.5 Å². The maximum atomic E-state index is 12.5. The molecule has 1 saturated heterocycles. The summed E-state index contributed by atoms with van der Waals surface area (Å²) in [6, 6.07) is 1.97. The molecule has 1 aliphatic heterocycles. The number of carbonyl (C=O) groups is 2. The first kappa shape index (κ1) is 18.0. The van der Waals surface area contributed by atoms with Gasteiger partial charge in [-0.05, 0) is 38.0 Å². The number of piperidine rings is 1. The van der Waals surface area contributed by atoms with Crippen LogP contribution in [0.3, 0.4) is 0 Å². The molecule has 6 heteroatoms. The van der Waals surface area contributed by atoms with E-state index in [1.807, 2.05) is 4.90 Å². The summed E-state index contributed by atoms with van der Waals surface area (Å²) < 4.78 is 5.25. The van der Waals surface area contributed by atoms with Crippen LogP contribution in [0, 0.1) is 5.41 Å². The number of hydrogen-bond acceptors (Lipinski definition) is 4. The van der Waals surface area contributed by atoms with Crippen LogP contribution in [0.5, 0.6) is 0 Å². The van der Waals surface area contributed by atoms with Crippen LogP contribution >= 0.6 is 0 Å². The van der Waals surface area contributed by atoms with Crippen LogP contribution in [0.1, 0.15) is 82.0 Å². The van der Waals surface area contributed by atoms with Gasteiger partial charge in [-0.15, -0.1) is 0 Å². The number of likely N-dealkylation sites (tertiary alicyclic amines) is 1. The van der Waals surface area contributed by atoms with Gasteiger partial charge in [-0.25, -0.2) is 0 Å². The molecule has 2 aliphatic rings. The minimum Gasteiger partial charge on any atom is -0.360 e. The van der Waals surface area contributed by atoms with E-state index < -0.39 is 0 Å². The summed E-state index contributed by atoms with van der Waals surface area (Å²) in [7, 11) is 0. The van der Waals surface area contributed by atoms with Gasteiger partial charge in [0.15, 0.2) is 5.69 Å². The number of nitrogens with zero attached hydrogens (tertiary/aromatic N) is 2. The summed E-state index contributed by atoms with van der Waals surface area (Å²) in [6.07, 6.45) is 4.34. The van der Waals surface area contributed by atoms with Crippen LogP contribution in [0.4, 0.5) is 0 Å². The molecule has 0 aromatic carbocycles. The van der Waals surface area contributed by atoms with Gasteiger partial charge >= 0.3 is 0 Å². The molecule has 1 N–H and O–H groups in total. The summed E-state index contributed by atoms with van der Waals surface area (Å²) in [5.41, 5.74) is 0.356. The highest BCUT2D eigenvalue weighted by Crippen LogP contribution is 2.40. The van der Waals surface area contributed by atoms with E-state index in [1.165, 1.54) is 0 Å². The van der Waals surface area contributed by atoms with Crippen LogP contribution in [-0.4, -0.2) is 40.5 Å². The Morgan fingerprint density at radius 3 is 2.64 bits per heavy atom. The number of hydrogen-bond donors (Lipinski definition) is 1. The molecule has 25 heavy (non-hydrogen) atoms. The van der Waals surface area contributed by atoms with E-state index in [4.69, 9.17) is 4.52 Å². The van der Waals surface area contributed by atoms with E-state index in [0.29, 0.717) is 24.6 Å². The number of rotatable bonds is 4. The van der Waals surface area contributed by atoms with Crippen molar-refractivity contribution >= 4 is 11.8 Å². The second-order valence-electron chi connectivity index (χ2n) is 8.76. The Morgan fingerprint density at radius 1 is 1.32 bits per heavy atom.